The molecule has 0 spiro atoms. The van der Waals surface area contributed by atoms with Crippen LogP contribution in [0.15, 0.2) is 102 Å². The SMILES string of the molecule is C=CC(=O)N(Cc1ccccc1)C(C(=O)NCc1ccccc1)c1ccccc1Br. The second kappa shape index (κ2) is 10.6. The first-order chi connectivity index (χ1) is 14.6. The van der Waals surface area contributed by atoms with E-state index in [-0.39, 0.29) is 18.4 Å². The summed E-state index contributed by atoms with van der Waals surface area (Å²) in [5, 5.41) is 2.98. The predicted octanol–water partition coefficient (Wildman–Crippen LogP) is 5.02. The van der Waals surface area contributed by atoms with Crippen LogP contribution in [0.25, 0.3) is 0 Å². The van der Waals surface area contributed by atoms with Gasteiger partial charge in [-0.2, -0.15) is 0 Å². The molecule has 0 aliphatic rings. The minimum absolute atomic E-state index is 0.253. The lowest BCUT2D eigenvalue weighted by atomic mass is 10.0. The quantitative estimate of drug-likeness (QED) is 0.477. The van der Waals surface area contributed by atoms with E-state index in [0.717, 1.165) is 15.6 Å². The van der Waals surface area contributed by atoms with E-state index in [4.69, 9.17) is 0 Å². The van der Waals surface area contributed by atoms with Gasteiger partial charge in [0.2, 0.25) is 11.8 Å². The zero-order chi connectivity index (χ0) is 21.3. The fraction of sp³-hybridized carbons (Fsp3) is 0.120. The lowest BCUT2D eigenvalue weighted by Gasteiger charge is -2.31. The highest BCUT2D eigenvalue weighted by atomic mass is 79.9. The summed E-state index contributed by atoms with van der Waals surface area (Å²) in [6, 6.07) is 25.9. The van der Waals surface area contributed by atoms with Crippen LogP contribution in [0.5, 0.6) is 0 Å². The number of nitrogens with one attached hydrogen (secondary N) is 1. The molecular weight excluding hydrogens is 440 g/mol. The molecule has 2 amide bonds. The lowest BCUT2D eigenvalue weighted by molar-refractivity contribution is -0.138. The maximum absolute atomic E-state index is 13.4. The van der Waals surface area contributed by atoms with E-state index in [1.54, 1.807) is 4.90 Å². The number of nitrogens with zero attached hydrogens (tertiary/aromatic N) is 1. The van der Waals surface area contributed by atoms with Crippen LogP contribution in [-0.2, 0) is 22.7 Å². The maximum Gasteiger partial charge on any atom is 0.247 e. The summed E-state index contributed by atoms with van der Waals surface area (Å²) in [5.74, 6) is -0.564. The number of carbonyl (C=O) groups excluding carboxylic acids is 2. The summed E-state index contributed by atoms with van der Waals surface area (Å²) in [4.78, 5) is 27.7. The van der Waals surface area contributed by atoms with Crippen molar-refractivity contribution in [2.24, 2.45) is 0 Å². The molecule has 0 aliphatic heterocycles. The highest BCUT2D eigenvalue weighted by Crippen LogP contribution is 2.30. The third kappa shape index (κ3) is 5.45. The van der Waals surface area contributed by atoms with Crippen LogP contribution in [0.2, 0.25) is 0 Å². The lowest BCUT2D eigenvalue weighted by Crippen LogP contribution is -2.42. The van der Waals surface area contributed by atoms with Gasteiger partial charge < -0.3 is 10.2 Å². The minimum atomic E-state index is -0.810. The number of benzene rings is 3. The van der Waals surface area contributed by atoms with Gasteiger partial charge >= 0.3 is 0 Å². The fourth-order valence-corrected chi connectivity index (χ4v) is 3.72. The summed E-state index contributed by atoms with van der Waals surface area (Å²) in [6.45, 7) is 4.31. The number of hydrogen-bond acceptors (Lipinski definition) is 2. The van der Waals surface area contributed by atoms with Crippen molar-refractivity contribution in [3.8, 4) is 0 Å². The van der Waals surface area contributed by atoms with Gasteiger partial charge in [-0.05, 0) is 28.8 Å². The van der Waals surface area contributed by atoms with Crippen molar-refractivity contribution in [3.63, 3.8) is 0 Å². The van der Waals surface area contributed by atoms with Crippen molar-refractivity contribution in [2.45, 2.75) is 19.1 Å². The van der Waals surface area contributed by atoms with E-state index < -0.39 is 6.04 Å². The Morgan fingerprint density at radius 3 is 2.07 bits per heavy atom. The van der Waals surface area contributed by atoms with Crippen LogP contribution < -0.4 is 5.32 Å². The minimum Gasteiger partial charge on any atom is -0.350 e. The van der Waals surface area contributed by atoms with Gasteiger partial charge in [-0.1, -0.05) is 101 Å². The molecule has 1 unspecified atom stereocenters. The Bertz CT molecular complexity index is 1010. The fourth-order valence-electron chi connectivity index (χ4n) is 3.22. The molecule has 0 bridgehead atoms. The van der Waals surface area contributed by atoms with Crippen molar-refractivity contribution in [3.05, 3.63) is 119 Å². The molecular formula is C25H23BrN2O2. The molecule has 0 saturated heterocycles. The number of rotatable bonds is 8. The first-order valence-corrected chi connectivity index (χ1v) is 10.4. The molecule has 1 N–H and O–H groups in total. The summed E-state index contributed by atoms with van der Waals surface area (Å²) in [5.41, 5.74) is 2.64. The monoisotopic (exact) mass is 462 g/mol. The third-order valence-electron chi connectivity index (χ3n) is 4.72. The van der Waals surface area contributed by atoms with E-state index in [9.17, 15) is 9.59 Å². The summed E-state index contributed by atoms with van der Waals surface area (Å²) in [6.07, 6.45) is 1.25. The molecule has 30 heavy (non-hydrogen) atoms. The van der Waals surface area contributed by atoms with Gasteiger partial charge in [0, 0.05) is 17.6 Å². The molecule has 0 radical (unpaired) electrons. The molecule has 3 aromatic carbocycles. The molecule has 3 aromatic rings. The van der Waals surface area contributed by atoms with Gasteiger partial charge in [0.15, 0.2) is 0 Å². The Labute approximate surface area is 185 Å². The smallest absolute Gasteiger partial charge is 0.247 e. The molecule has 0 saturated carbocycles. The normalized spacial score (nSPS) is 11.4. The van der Waals surface area contributed by atoms with Gasteiger partial charge in [-0.15, -0.1) is 0 Å². The zero-order valence-electron chi connectivity index (χ0n) is 16.5. The number of hydrogen-bond donors (Lipinski definition) is 1. The average molecular weight is 463 g/mol. The first kappa shape index (κ1) is 21.5. The maximum atomic E-state index is 13.4. The van der Waals surface area contributed by atoms with E-state index in [1.807, 2.05) is 84.9 Å². The predicted molar refractivity (Wildman–Crippen MR) is 122 cm³/mol. The Morgan fingerprint density at radius 1 is 0.900 bits per heavy atom. The van der Waals surface area contributed by atoms with Crippen LogP contribution in [0, 0.1) is 0 Å². The second-order valence-electron chi connectivity index (χ2n) is 6.78. The third-order valence-corrected chi connectivity index (χ3v) is 5.45. The standard InChI is InChI=1S/C25H23BrN2O2/c1-2-23(29)28(18-20-13-7-4-8-14-20)24(21-15-9-10-16-22(21)26)25(30)27-17-19-11-5-3-6-12-19/h2-16,24H,1,17-18H2,(H,27,30). The summed E-state index contributed by atoms with van der Waals surface area (Å²) >= 11 is 3.54. The van der Waals surface area contributed by atoms with Crippen LogP contribution in [0.3, 0.4) is 0 Å². The Hall–Kier alpha value is -3.18. The summed E-state index contributed by atoms with van der Waals surface area (Å²) < 4.78 is 0.764. The molecule has 1 atom stereocenters. The van der Waals surface area contributed by atoms with E-state index in [1.165, 1.54) is 6.08 Å². The Kier molecular flexibility index (Phi) is 7.57. The molecule has 4 nitrogen and oxygen atoms in total. The summed E-state index contributed by atoms with van der Waals surface area (Å²) in [7, 11) is 0. The highest BCUT2D eigenvalue weighted by Gasteiger charge is 2.31. The van der Waals surface area contributed by atoms with Crippen LogP contribution >= 0.6 is 15.9 Å². The average Bonchev–Trinajstić information content (AvgIpc) is 2.79. The Morgan fingerprint density at radius 2 is 1.47 bits per heavy atom. The van der Waals surface area contributed by atoms with Gasteiger partial charge in [-0.25, -0.2) is 0 Å². The number of amides is 2. The largest absolute Gasteiger partial charge is 0.350 e. The van der Waals surface area contributed by atoms with Gasteiger partial charge in [0.25, 0.3) is 0 Å². The molecule has 0 fully saturated rings. The van der Waals surface area contributed by atoms with Crippen molar-refractivity contribution in [2.75, 3.05) is 0 Å². The van der Waals surface area contributed by atoms with Gasteiger partial charge in [0.1, 0.15) is 6.04 Å². The molecule has 152 valence electrons. The van der Waals surface area contributed by atoms with E-state index >= 15 is 0 Å². The molecule has 0 aromatic heterocycles. The van der Waals surface area contributed by atoms with Gasteiger partial charge in [0.05, 0.1) is 0 Å². The van der Waals surface area contributed by atoms with Crippen LogP contribution in [-0.4, -0.2) is 16.7 Å². The zero-order valence-corrected chi connectivity index (χ0v) is 18.1. The molecule has 5 heteroatoms. The number of carbonyl (C=O) groups is 2. The number of halogens is 1. The van der Waals surface area contributed by atoms with Crippen molar-refractivity contribution in [1.29, 1.82) is 0 Å². The van der Waals surface area contributed by atoms with Crippen molar-refractivity contribution >= 4 is 27.7 Å². The van der Waals surface area contributed by atoms with Crippen molar-refractivity contribution < 1.29 is 9.59 Å². The van der Waals surface area contributed by atoms with Crippen LogP contribution in [0.4, 0.5) is 0 Å². The van der Waals surface area contributed by atoms with E-state index in [0.29, 0.717) is 12.1 Å². The van der Waals surface area contributed by atoms with Gasteiger partial charge in [-0.3, -0.25) is 9.59 Å². The first-order valence-electron chi connectivity index (χ1n) is 9.63. The topological polar surface area (TPSA) is 49.4 Å². The molecule has 0 heterocycles. The van der Waals surface area contributed by atoms with E-state index in [2.05, 4.69) is 27.8 Å². The van der Waals surface area contributed by atoms with Crippen LogP contribution in [0.1, 0.15) is 22.7 Å². The molecule has 0 aliphatic carbocycles. The highest BCUT2D eigenvalue weighted by molar-refractivity contribution is 9.10. The Balaban J connectivity index is 1.95. The second-order valence-corrected chi connectivity index (χ2v) is 7.64. The van der Waals surface area contributed by atoms with Crippen molar-refractivity contribution in [1.82, 2.24) is 10.2 Å². The molecule has 3 rings (SSSR count).